The molecule has 2 aromatic rings. The molecule has 0 amide bonds. The predicted octanol–water partition coefficient (Wildman–Crippen LogP) is 5.02. The van der Waals surface area contributed by atoms with Crippen LogP contribution in [0.3, 0.4) is 0 Å². The minimum absolute atomic E-state index is 0.293. The van der Waals surface area contributed by atoms with Gasteiger partial charge in [-0.15, -0.1) is 0 Å². The molecule has 1 aliphatic heterocycles. The number of nitrogens with zero attached hydrogens (tertiary/aromatic N) is 1. The van der Waals surface area contributed by atoms with Gasteiger partial charge in [0.15, 0.2) is 5.60 Å². The highest BCUT2D eigenvalue weighted by Crippen LogP contribution is 2.41. The highest BCUT2D eigenvalue weighted by molar-refractivity contribution is 6.31. The zero-order valence-electron chi connectivity index (χ0n) is 11.7. The maximum Gasteiger partial charge on any atom is 0.242 e. The van der Waals surface area contributed by atoms with E-state index in [4.69, 9.17) is 16.4 Å². The van der Waals surface area contributed by atoms with E-state index in [0.717, 1.165) is 5.56 Å². The number of rotatable bonds is 4. The average molecular weight is 322 g/mol. The SMILES string of the molecule is FC(F)CC1(c2ccccc2)CC(c2cccc(Cl)c2)=NO1. The normalized spacial score (nSPS) is 20.8. The number of hydrogen-bond acceptors (Lipinski definition) is 2. The van der Waals surface area contributed by atoms with Gasteiger partial charge < -0.3 is 4.84 Å². The monoisotopic (exact) mass is 321 g/mol. The van der Waals surface area contributed by atoms with Crippen LogP contribution in [0.4, 0.5) is 8.78 Å². The van der Waals surface area contributed by atoms with E-state index in [1.54, 1.807) is 30.3 Å². The summed E-state index contributed by atoms with van der Waals surface area (Å²) in [5, 5.41) is 4.63. The topological polar surface area (TPSA) is 21.6 Å². The molecule has 0 N–H and O–H groups in total. The number of benzene rings is 2. The highest BCUT2D eigenvalue weighted by atomic mass is 35.5. The molecular formula is C17H14ClF2NO. The fourth-order valence-corrected chi connectivity index (χ4v) is 2.86. The van der Waals surface area contributed by atoms with Crippen LogP contribution in [0.15, 0.2) is 59.8 Å². The molecule has 0 saturated carbocycles. The smallest absolute Gasteiger partial charge is 0.242 e. The molecule has 0 spiro atoms. The standard InChI is InChI=1S/C17H14ClF2NO/c18-14-8-4-5-12(9-14)15-10-17(22-21-15,11-16(19)20)13-6-2-1-3-7-13/h1-9,16H,10-11H2. The predicted molar refractivity (Wildman–Crippen MR) is 82.4 cm³/mol. The second-order valence-electron chi connectivity index (χ2n) is 5.27. The Morgan fingerprint density at radius 2 is 1.91 bits per heavy atom. The molecule has 2 nitrogen and oxygen atoms in total. The molecule has 3 rings (SSSR count). The van der Waals surface area contributed by atoms with Crippen LogP contribution in [0.25, 0.3) is 0 Å². The summed E-state index contributed by atoms with van der Waals surface area (Å²) in [7, 11) is 0. The first-order valence-electron chi connectivity index (χ1n) is 6.94. The Morgan fingerprint density at radius 1 is 1.14 bits per heavy atom. The van der Waals surface area contributed by atoms with E-state index in [0.29, 0.717) is 22.7 Å². The molecule has 0 aliphatic carbocycles. The van der Waals surface area contributed by atoms with Gasteiger partial charge in [0, 0.05) is 17.0 Å². The second-order valence-corrected chi connectivity index (χ2v) is 5.71. The summed E-state index contributed by atoms with van der Waals surface area (Å²) in [5.41, 5.74) is 1.01. The minimum Gasteiger partial charge on any atom is -0.383 e. The molecule has 0 radical (unpaired) electrons. The number of hydrogen-bond donors (Lipinski definition) is 0. The lowest BCUT2D eigenvalue weighted by Gasteiger charge is -2.26. The fraction of sp³-hybridized carbons (Fsp3) is 0.235. The summed E-state index contributed by atoms with van der Waals surface area (Å²) < 4.78 is 26.1. The van der Waals surface area contributed by atoms with Crippen molar-refractivity contribution in [1.29, 1.82) is 0 Å². The Hall–Kier alpha value is -1.94. The first-order valence-corrected chi connectivity index (χ1v) is 7.31. The van der Waals surface area contributed by atoms with Crippen LogP contribution in [0.5, 0.6) is 0 Å². The average Bonchev–Trinajstić information content (AvgIpc) is 2.93. The van der Waals surface area contributed by atoms with Crippen molar-refractivity contribution >= 4 is 17.3 Å². The van der Waals surface area contributed by atoms with Crippen molar-refractivity contribution in [2.75, 3.05) is 0 Å². The Balaban J connectivity index is 1.92. The lowest BCUT2D eigenvalue weighted by molar-refractivity contribution is -0.0650. The zero-order chi connectivity index (χ0) is 15.6. The summed E-state index contributed by atoms with van der Waals surface area (Å²) in [6.45, 7) is 0. The van der Waals surface area contributed by atoms with E-state index in [1.807, 2.05) is 24.3 Å². The molecule has 5 heteroatoms. The van der Waals surface area contributed by atoms with Crippen LogP contribution >= 0.6 is 11.6 Å². The lowest BCUT2D eigenvalue weighted by atomic mass is 9.85. The van der Waals surface area contributed by atoms with Crippen molar-refractivity contribution < 1.29 is 13.6 Å². The largest absolute Gasteiger partial charge is 0.383 e. The third-order valence-electron chi connectivity index (χ3n) is 3.73. The summed E-state index contributed by atoms with van der Waals surface area (Å²) in [4.78, 5) is 5.51. The van der Waals surface area contributed by atoms with Gasteiger partial charge in [-0.2, -0.15) is 0 Å². The maximum absolute atomic E-state index is 13.1. The van der Waals surface area contributed by atoms with Gasteiger partial charge in [0.25, 0.3) is 0 Å². The molecular weight excluding hydrogens is 308 g/mol. The van der Waals surface area contributed by atoms with Crippen molar-refractivity contribution in [1.82, 2.24) is 0 Å². The number of oxime groups is 1. The van der Waals surface area contributed by atoms with Gasteiger partial charge in [-0.1, -0.05) is 59.2 Å². The van der Waals surface area contributed by atoms with Crippen LogP contribution in [0.1, 0.15) is 24.0 Å². The molecule has 114 valence electrons. The summed E-state index contributed by atoms with van der Waals surface area (Å²) >= 11 is 5.98. The molecule has 1 aliphatic rings. The van der Waals surface area contributed by atoms with E-state index in [2.05, 4.69) is 5.16 Å². The van der Waals surface area contributed by atoms with Crippen molar-refractivity contribution in [3.8, 4) is 0 Å². The summed E-state index contributed by atoms with van der Waals surface area (Å²) in [6, 6.07) is 16.2. The Labute approximate surface area is 132 Å². The Kier molecular flexibility index (Phi) is 4.12. The summed E-state index contributed by atoms with van der Waals surface area (Å²) in [5.74, 6) is 0. The van der Waals surface area contributed by atoms with Gasteiger partial charge in [-0.05, 0) is 17.7 Å². The van der Waals surface area contributed by atoms with Gasteiger partial charge in [0.1, 0.15) is 0 Å². The van der Waals surface area contributed by atoms with Crippen molar-refractivity contribution in [2.45, 2.75) is 24.9 Å². The number of halogens is 3. The van der Waals surface area contributed by atoms with Crippen LogP contribution < -0.4 is 0 Å². The van der Waals surface area contributed by atoms with Gasteiger partial charge in [0.2, 0.25) is 6.43 Å². The maximum atomic E-state index is 13.1. The zero-order valence-corrected chi connectivity index (χ0v) is 12.4. The fourth-order valence-electron chi connectivity index (χ4n) is 2.67. The van der Waals surface area contributed by atoms with Crippen molar-refractivity contribution in [3.63, 3.8) is 0 Å². The highest BCUT2D eigenvalue weighted by Gasteiger charge is 2.43. The molecule has 0 aromatic heterocycles. The Morgan fingerprint density at radius 3 is 2.59 bits per heavy atom. The first-order chi connectivity index (χ1) is 10.6. The van der Waals surface area contributed by atoms with Gasteiger partial charge >= 0.3 is 0 Å². The quantitative estimate of drug-likeness (QED) is 0.775. The van der Waals surface area contributed by atoms with Crippen LogP contribution in [-0.4, -0.2) is 12.1 Å². The van der Waals surface area contributed by atoms with Crippen LogP contribution in [0.2, 0.25) is 5.02 Å². The van der Waals surface area contributed by atoms with Gasteiger partial charge in [0.05, 0.1) is 12.1 Å². The molecule has 22 heavy (non-hydrogen) atoms. The van der Waals surface area contributed by atoms with Crippen LogP contribution in [0, 0.1) is 0 Å². The van der Waals surface area contributed by atoms with Crippen LogP contribution in [-0.2, 0) is 10.4 Å². The lowest BCUT2D eigenvalue weighted by Crippen LogP contribution is -2.29. The second kappa shape index (κ2) is 6.05. The van der Waals surface area contributed by atoms with Gasteiger partial charge in [-0.25, -0.2) is 8.78 Å². The molecule has 0 bridgehead atoms. The molecule has 1 atom stereocenters. The van der Waals surface area contributed by atoms with E-state index in [-0.39, 0.29) is 0 Å². The molecule has 1 unspecified atom stereocenters. The van der Waals surface area contributed by atoms with Gasteiger partial charge in [-0.3, -0.25) is 0 Å². The Bertz CT molecular complexity index is 690. The van der Waals surface area contributed by atoms with Crippen molar-refractivity contribution in [3.05, 3.63) is 70.7 Å². The van der Waals surface area contributed by atoms with E-state index < -0.39 is 18.4 Å². The van der Waals surface area contributed by atoms with E-state index in [1.165, 1.54) is 0 Å². The van der Waals surface area contributed by atoms with E-state index >= 15 is 0 Å². The molecule has 0 fully saturated rings. The third-order valence-corrected chi connectivity index (χ3v) is 3.96. The first kappa shape index (κ1) is 15.0. The molecule has 1 heterocycles. The summed E-state index contributed by atoms with van der Waals surface area (Å²) in [6.07, 6.45) is -2.58. The van der Waals surface area contributed by atoms with E-state index in [9.17, 15) is 8.78 Å². The van der Waals surface area contributed by atoms with Crippen molar-refractivity contribution in [2.24, 2.45) is 5.16 Å². The molecule has 2 aromatic carbocycles. The minimum atomic E-state index is -2.48. The number of alkyl halides is 2. The third kappa shape index (κ3) is 2.97. The molecule has 0 saturated heterocycles.